The Morgan fingerprint density at radius 2 is 2.22 bits per heavy atom. The van der Waals surface area contributed by atoms with Crippen molar-refractivity contribution >= 4 is 11.6 Å². The van der Waals surface area contributed by atoms with E-state index in [1.165, 1.54) is 4.90 Å². The number of rotatable bonds is 5. The molecule has 0 aromatic heterocycles. The summed E-state index contributed by atoms with van der Waals surface area (Å²) >= 11 is 0. The van der Waals surface area contributed by atoms with Gasteiger partial charge < -0.3 is 20.8 Å². The molecule has 0 fully saturated rings. The van der Waals surface area contributed by atoms with Crippen molar-refractivity contribution < 1.29 is 15.0 Å². The Kier molecular flexibility index (Phi) is 3.96. The molecule has 0 spiro atoms. The highest BCUT2D eigenvalue weighted by Crippen LogP contribution is 2.29. The molecule has 1 aliphatic heterocycles. The topological polar surface area (TPSA) is 86.8 Å². The molecule has 1 heterocycles. The first kappa shape index (κ1) is 13.0. The van der Waals surface area contributed by atoms with E-state index in [1.54, 1.807) is 0 Å². The van der Waals surface area contributed by atoms with Gasteiger partial charge in [-0.05, 0) is 30.2 Å². The molecule has 4 N–H and O–H groups in total. The van der Waals surface area contributed by atoms with Crippen LogP contribution in [0.3, 0.4) is 0 Å². The summed E-state index contributed by atoms with van der Waals surface area (Å²) in [6, 6.07) is 5.82. The van der Waals surface area contributed by atoms with Crippen LogP contribution in [0.25, 0.3) is 0 Å². The van der Waals surface area contributed by atoms with Crippen LogP contribution in [0, 0.1) is 0 Å². The van der Waals surface area contributed by atoms with Gasteiger partial charge in [0, 0.05) is 5.69 Å². The summed E-state index contributed by atoms with van der Waals surface area (Å²) in [5, 5.41) is 18.3. The maximum Gasteiger partial charge on any atom is 0.231 e. The summed E-state index contributed by atoms with van der Waals surface area (Å²) in [6.45, 7) is 0.378. The fourth-order valence-electron chi connectivity index (χ4n) is 2.23. The highest BCUT2D eigenvalue weighted by molar-refractivity contribution is 6.01. The van der Waals surface area contributed by atoms with Crippen LogP contribution in [0.4, 0.5) is 5.69 Å². The molecule has 1 amide bonds. The van der Waals surface area contributed by atoms with Gasteiger partial charge >= 0.3 is 0 Å². The predicted octanol–water partition coefficient (Wildman–Crippen LogP) is -0.570. The van der Waals surface area contributed by atoms with Crippen molar-refractivity contribution in [3.63, 3.8) is 0 Å². The monoisotopic (exact) mass is 250 g/mol. The number of carbonyl (C=O) groups excluding carboxylic acids is 1. The molecule has 0 radical (unpaired) electrons. The van der Waals surface area contributed by atoms with E-state index < -0.39 is 6.10 Å². The fourth-order valence-corrected chi connectivity index (χ4v) is 2.23. The average molecular weight is 250 g/mol. The average Bonchev–Trinajstić information content (AvgIpc) is 2.65. The normalized spacial score (nSPS) is 15.9. The van der Waals surface area contributed by atoms with Crippen LogP contribution in [-0.2, 0) is 17.6 Å². The lowest BCUT2D eigenvalue weighted by Crippen LogP contribution is -2.36. The molecule has 1 unspecified atom stereocenters. The minimum absolute atomic E-state index is 0.0394. The summed E-state index contributed by atoms with van der Waals surface area (Å²) < 4.78 is 0. The third-order valence-corrected chi connectivity index (χ3v) is 3.11. The smallest absolute Gasteiger partial charge is 0.231 e. The number of nitrogens with zero attached hydrogens (tertiary/aromatic N) is 1. The van der Waals surface area contributed by atoms with Crippen molar-refractivity contribution in [2.45, 2.75) is 18.9 Å². The molecule has 1 aliphatic rings. The Balaban J connectivity index is 2.21. The molecule has 0 bridgehead atoms. The van der Waals surface area contributed by atoms with Crippen LogP contribution >= 0.6 is 0 Å². The summed E-state index contributed by atoms with van der Waals surface area (Å²) in [5.41, 5.74) is 8.42. The molecule has 98 valence electrons. The van der Waals surface area contributed by atoms with E-state index in [4.69, 9.17) is 10.8 Å². The van der Waals surface area contributed by atoms with Gasteiger partial charge in [0.2, 0.25) is 5.91 Å². The summed E-state index contributed by atoms with van der Waals surface area (Å²) in [4.78, 5) is 13.4. The van der Waals surface area contributed by atoms with Crippen LogP contribution in [0.2, 0.25) is 0 Å². The number of β-amino-alcohol motifs (C(OH)–C–C–N with tert-alkyl or cyclic N) is 1. The van der Waals surface area contributed by atoms with Crippen molar-refractivity contribution in [3.05, 3.63) is 29.3 Å². The maximum atomic E-state index is 11.9. The molecular weight excluding hydrogens is 232 g/mol. The van der Waals surface area contributed by atoms with Gasteiger partial charge in [-0.1, -0.05) is 12.1 Å². The molecule has 5 nitrogen and oxygen atoms in total. The SMILES string of the molecule is NCCc1ccc2c(c1)CC(=O)N2CC(O)CO. The Labute approximate surface area is 106 Å². The van der Waals surface area contributed by atoms with E-state index >= 15 is 0 Å². The molecule has 1 aromatic carbocycles. The molecular formula is C13H18N2O3. The lowest BCUT2D eigenvalue weighted by atomic mass is 10.1. The number of anilines is 1. The van der Waals surface area contributed by atoms with Gasteiger partial charge in [0.15, 0.2) is 0 Å². The zero-order valence-electron chi connectivity index (χ0n) is 10.2. The number of aliphatic hydroxyl groups excluding tert-OH is 2. The van der Waals surface area contributed by atoms with Gasteiger partial charge in [0.1, 0.15) is 0 Å². The van der Waals surface area contributed by atoms with Crippen molar-refractivity contribution in [2.24, 2.45) is 5.73 Å². The molecule has 2 rings (SSSR count). The van der Waals surface area contributed by atoms with Crippen molar-refractivity contribution in [3.8, 4) is 0 Å². The Morgan fingerprint density at radius 3 is 2.89 bits per heavy atom. The molecule has 0 saturated heterocycles. The third-order valence-electron chi connectivity index (χ3n) is 3.11. The van der Waals surface area contributed by atoms with Crippen LogP contribution in [0.15, 0.2) is 18.2 Å². The maximum absolute atomic E-state index is 11.9. The Bertz CT molecular complexity index is 448. The second-order valence-electron chi connectivity index (χ2n) is 4.52. The van der Waals surface area contributed by atoms with Gasteiger partial charge in [-0.3, -0.25) is 4.79 Å². The lowest BCUT2D eigenvalue weighted by Gasteiger charge is -2.20. The number of amides is 1. The van der Waals surface area contributed by atoms with Gasteiger partial charge in [-0.25, -0.2) is 0 Å². The van der Waals surface area contributed by atoms with E-state index in [2.05, 4.69) is 0 Å². The number of fused-ring (bicyclic) bond motifs is 1. The van der Waals surface area contributed by atoms with E-state index in [0.29, 0.717) is 13.0 Å². The summed E-state index contributed by atoms with van der Waals surface area (Å²) in [5.74, 6) is -0.0394. The molecule has 0 aliphatic carbocycles. The first-order valence-electron chi connectivity index (χ1n) is 6.07. The van der Waals surface area contributed by atoms with Gasteiger partial charge in [0.05, 0.1) is 25.7 Å². The summed E-state index contributed by atoms with van der Waals surface area (Å²) in [7, 11) is 0. The van der Waals surface area contributed by atoms with Crippen LogP contribution < -0.4 is 10.6 Å². The van der Waals surface area contributed by atoms with Crippen LogP contribution in [0.1, 0.15) is 11.1 Å². The number of hydrogen-bond acceptors (Lipinski definition) is 4. The first-order valence-corrected chi connectivity index (χ1v) is 6.07. The minimum atomic E-state index is -0.899. The molecule has 0 saturated carbocycles. The number of benzene rings is 1. The molecule has 5 heteroatoms. The van der Waals surface area contributed by atoms with Gasteiger partial charge in [-0.2, -0.15) is 0 Å². The molecule has 1 aromatic rings. The van der Waals surface area contributed by atoms with Crippen molar-refractivity contribution in [1.82, 2.24) is 0 Å². The highest BCUT2D eigenvalue weighted by atomic mass is 16.3. The zero-order chi connectivity index (χ0) is 13.1. The van der Waals surface area contributed by atoms with Gasteiger partial charge in [0.25, 0.3) is 0 Å². The fraction of sp³-hybridized carbons (Fsp3) is 0.462. The lowest BCUT2D eigenvalue weighted by molar-refractivity contribution is -0.117. The van der Waals surface area contributed by atoms with Crippen LogP contribution in [-0.4, -0.2) is 41.9 Å². The van der Waals surface area contributed by atoms with E-state index in [0.717, 1.165) is 23.2 Å². The van der Waals surface area contributed by atoms with Crippen LogP contribution in [0.5, 0.6) is 0 Å². The summed E-state index contributed by atoms with van der Waals surface area (Å²) in [6.07, 6.45) is 0.246. The zero-order valence-corrected chi connectivity index (χ0v) is 10.2. The number of carbonyl (C=O) groups is 1. The van der Waals surface area contributed by atoms with E-state index in [9.17, 15) is 9.90 Å². The van der Waals surface area contributed by atoms with Crippen molar-refractivity contribution in [1.29, 1.82) is 0 Å². The number of aliphatic hydroxyl groups is 2. The standard InChI is InChI=1S/C13H18N2O3/c14-4-3-9-1-2-12-10(5-9)6-13(18)15(12)7-11(17)8-16/h1-2,5,11,16-17H,3-4,6-8,14H2. The third kappa shape index (κ3) is 2.53. The first-order chi connectivity index (χ1) is 8.65. The predicted molar refractivity (Wildman–Crippen MR) is 68.4 cm³/mol. The van der Waals surface area contributed by atoms with Gasteiger partial charge in [-0.15, -0.1) is 0 Å². The Morgan fingerprint density at radius 1 is 1.44 bits per heavy atom. The molecule has 18 heavy (non-hydrogen) atoms. The quantitative estimate of drug-likeness (QED) is 0.653. The number of nitrogens with two attached hydrogens (primary N) is 1. The second kappa shape index (κ2) is 5.48. The highest BCUT2D eigenvalue weighted by Gasteiger charge is 2.28. The van der Waals surface area contributed by atoms with E-state index in [-0.39, 0.29) is 19.1 Å². The molecule has 1 atom stereocenters. The van der Waals surface area contributed by atoms with E-state index in [1.807, 2.05) is 18.2 Å². The largest absolute Gasteiger partial charge is 0.394 e. The number of hydrogen-bond donors (Lipinski definition) is 3. The second-order valence-corrected chi connectivity index (χ2v) is 4.52. The van der Waals surface area contributed by atoms with Crippen molar-refractivity contribution in [2.75, 3.05) is 24.6 Å². The Hall–Kier alpha value is -1.43. The minimum Gasteiger partial charge on any atom is -0.394 e.